The molecule has 0 aliphatic carbocycles. The molecule has 0 amide bonds. The van der Waals surface area contributed by atoms with Crippen molar-refractivity contribution in [3.8, 4) is 11.8 Å². The van der Waals surface area contributed by atoms with Crippen LogP contribution in [-0.4, -0.2) is 7.11 Å². The largest absolute Gasteiger partial charge is 0.496 e. The zero-order valence-electron chi connectivity index (χ0n) is 15.4. The Morgan fingerprint density at radius 2 is 1.75 bits per heavy atom. The van der Waals surface area contributed by atoms with Crippen molar-refractivity contribution in [3.05, 3.63) is 64.7 Å². The summed E-state index contributed by atoms with van der Waals surface area (Å²) in [6.07, 6.45) is 1.63. The van der Waals surface area contributed by atoms with Gasteiger partial charge in [0.15, 0.2) is 0 Å². The van der Waals surface area contributed by atoms with Crippen molar-refractivity contribution in [3.63, 3.8) is 0 Å². The molecule has 0 aliphatic rings. The van der Waals surface area contributed by atoms with E-state index in [-0.39, 0.29) is 11.3 Å². The number of hydrogen-bond acceptors (Lipinski definition) is 2. The van der Waals surface area contributed by atoms with E-state index in [9.17, 15) is 5.26 Å². The molecular formula is C22H27NO. The highest BCUT2D eigenvalue weighted by Crippen LogP contribution is 2.28. The zero-order chi connectivity index (χ0) is 17.7. The third-order valence-electron chi connectivity index (χ3n) is 4.50. The summed E-state index contributed by atoms with van der Waals surface area (Å²) in [5, 5.41) is 9.63. The van der Waals surface area contributed by atoms with Gasteiger partial charge in [-0.1, -0.05) is 64.1 Å². The Morgan fingerprint density at radius 3 is 2.25 bits per heavy atom. The highest BCUT2D eigenvalue weighted by atomic mass is 16.5. The first-order valence-corrected chi connectivity index (χ1v) is 8.55. The maximum absolute atomic E-state index is 9.63. The molecule has 0 aliphatic heterocycles. The Labute approximate surface area is 146 Å². The molecule has 0 fully saturated rings. The third kappa shape index (κ3) is 4.17. The molecule has 1 atom stereocenters. The van der Waals surface area contributed by atoms with Crippen LogP contribution in [0.15, 0.2) is 42.5 Å². The molecule has 2 rings (SSSR count). The average molecular weight is 321 g/mol. The summed E-state index contributed by atoms with van der Waals surface area (Å²) < 4.78 is 5.38. The molecule has 0 heterocycles. The van der Waals surface area contributed by atoms with Crippen molar-refractivity contribution >= 4 is 0 Å². The molecule has 0 bridgehead atoms. The summed E-state index contributed by atoms with van der Waals surface area (Å²) in [7, 11) is 1.69. The highest BCUT2D eigenvalue weighted by molar-refractivity contribution is 5.41. The van der Waals surface area contributed by atoms with Crippen LogP contribution in [0.2, 0.25) is 0 Å². The highest BCUT2D eigenvalue weighted by Gasteiger charge is 2.16. The van der Waals surface area contributed by atoms with Crippen LogP contribution in [0, 0.1) is 11.3 Å². The van der Waals surface area contributed by atoms with Gasteiger partial charge in [0.05, 0.1) is 19.1 Å². The fourth-order valence-electron chi connectivity index (χ4n) is 2.91. The van der Waals surface area contributed by atoms with E-state index in [0.717, 1.165) is 29.7 Å². The quantitative estimate of drug-likeness (QED) is 0.738. The van der Waals surface area contributed by atoms with Crippen LogP contribution in [0.1, 0.15) is 55.9 Å². The van der Waals surface area contributed by atoms with Crippen molar-refractivity contribution in [2.45, 2.75) is 51.9 Å². The minimum atomic E-state index is -0.137. The molecule has 126 valence electrons. The second kappa shape index (κ2) is 7.53. The van der Waals surface area contributed by atoms with E-state index in [1.165, 1.54) is 11.1 Å². The lowest BCUT2D eigenvalue weighted by atomic mass is 9.85. The van der Waals surface area contributed by atoms with Gasteiger partial charge < -0.3 is 4.74 Å². The summed E-state index contributed by atoms with van der Waals surface area (Å²) >= 11 is 0. The van der Waals surface area contributed by atoms with E-state index < -0.39 is 0 Å². The molecule has 24 heavy (non-hydrogen) atoms. The number of rotatable bonds is 5. The lowest BCUT2D eigenvalue weighted by molar-refractivity contribution is 0.410. The summed E-state index contributed by atoms with van der Waals surface area (Å²) in [6, 6.07) is 17.2. The third-order valence-corrected chi connectivity index (χ3v) is 4.50. The van der Waals surface area contributed by atoms with Crippen molar-refractivity contribution in [1.29, 1.82) is 5.26 Å². The molecule has 0 radical (unpaired) electrons. The molecule has 0 N–H and O–H groups in total. The van der Waals surface area contributed by atoms with Gasteiger partial charge >= 0.3 is 0 Å². The van der Waals surface area contributed by atoms with Crippen LogP contribution in [0.4, 0.5) is 0 Å². The van der Waals surface area contributed by atoms with Crippen molar-refractivity contribution < 1.29 is 4.74 Å². The van der Waals surface area contributed by atoms with Crippen LogP contribution in [0.25, 0.3) is 0 Å². The number of aryl methyl sites for hydroxylation is 1. The van der Waals surface area contributed by atoms with Crippen LogP contribution in [-0.2, 0) is 18.3 Å². The SMILES string of the molecule is CCc1cc(C(C#N)Cc2ccc(C(C)(C)C)cc2)ccc1OC. The summed E-state index contributed by atoms with van der Waals surface area (Å²) in [5.41, 5.74) is 4.88. The molecule has 1 unspecified atom stereocenters. The monoisotopic (exact) mass is 321 g/mol. The Bertz CT molecular complexity index is 717. The minimum absolute atomic E-state index is 0.137. The maximum Gasteiger partial charge on any atom is 0.122 e. The number of hydrogen-bond donors (Lipinski definition) is 0. The smallest absolute Gasteiger partial charge is 0.122 e. The Balaban J connectivity index is 2.22. The molecule has 0 saturated carbocycles. The van der Waals surface area contributed by atoms with Gasteiger partial charge in [-0.15, -0.1) is 0 Å². The number of ether oxygens (including phenoxy) is 1. The summed E-state index contributed by atoms with van der Waals surface area (Å²) in [4.78, 5) is 0. The predicted octanol–water partition coefficient (Wildman–Crippen LogP) is 5.40. The standard InChI is InChI=1S/C22H27NO/c1-6-17-14-18(9-12-21(17)24-5)19(15-23)13-16-7-10-20(11-8-16)22(2,3)4/h7-12,14,19H,6,13H2,1-5H3. The number of methoxy groups -OCH3 is 1. The van der Waals surface area contributed by atoms with Gasteiger partial charge in [-0.2, -0.15) is 5.26 Å². The van der Waals surface area contributed by atoms with E-state index in [4.69, 9.17) is 4.74 Å². The summed E-state index contributed by atoms with van der Waals surface area (Å²) in [5.74, 6) is 0.758. The van der Waals surface area contributed by atoms with Crippen LogP contribution >= 0.6 is 0 Å². The Hall–Kier alpha value is -2.27. The van der Waals surface area contributed by atoms with Crippen LogP contribution in [0.5, 0.6) is 5.75 Å². The first-order valence-electron chi connectivity index (χ1n) is 8.55. The molecule has 2 heteroatoms. The first-order chi connectivity index (χ1) is 11.4. The molecule has 2 nitrogen and oxygen atoms in total. The molecule has 0 spiro atoms. The molecular weight excluding hydrogens is 294 g/mol. The van der Waals surface area contributed by atoms with Gasteiger partial charge in [-0.25, -0.2) is 0 Å². The number of benzene rings is 2. The molecule has 2 aromatic rings. The minimum Gasteiger partial charge on any atom is -0.496 e. The topological polar surface area (TPSA) is 33.0 Å². The van der Waals surface area contributed by atoms with E-state index in [0.29, 0.717) is 0 Å². The van der Waals surface area contributed by atoms with Crippen molar-refractivity contribution in [2.75, 3.05) is 7.11 Å². The van der Waals surface area contributed by atoms with E-state index in [1.807, 2.05) is 12.1 Å². The lowest BCUT2D eigenvalue weighted by Crippen LogP contribution is -2.11. The molecule has 0 aromatic heterocycles. The molecule has 2 aromatic carbocycles. The normalized spacial score (nSPS) is 12.5. The van der Waals surface area contributed by atoms with Crippen LogP contribution < -0.4 is 4.74 Å². The Morgan fingerprint density at radius 1 is 1.08 bits per heavy atom. The van der Waals surface area contributed by atoms with Gasteiger partial charge in [0.1, 0.15) is 5.75 Å². The van der Waals surface area contributed by atoms with Crippen molar-refractivity contribution in [2.24, 2.45) is 0 Å². The van der Waals surface area contributed by atoms with E-state index >= 15 is 0 Å². The fourth-order valence-corrected chi connectivity index (χ4v) is 2.91. The van der Waals surface area contributed by atoms with Crippen LogP contribution in [0.3, 0.4) is 0 Å². The van der Waals surface area contributed by atoms with Gasteiger partial charge in [0.25, 0.3) is 0 Å². The van der Waals surface area contributed by atoms with Gasteiger partial charge in [-0.3, -0.25) is 0 Å². The second-order valence-corrected chi connectivity index (χ2v) is 7.26. The number of nitrogens with zero attached hydrogens (tertiary/aromatic N) is 1. The van der Waals surface area contributed by atoms with Gasteiger partial charge in [0, 0.05) is 0 Å². The van der Waals surface area contributed by atoms with Gasteiger partial charge in [-0.05, 0) is 46.6 Å². The fraction of sp³-hybridized carbons (Fsp3) is 0.409. The number of nitriles is 1. The second-order valence-electron chi connectivity index (χ2n) is 7.26. The van der Waals surface area contributed by atoms with E-state index in [2.05, 4.69) is 64.1 Å². The predicted molar refractivity (Wildman–Crippen MR) is 99.6 cm³/mol. The zero-order valence-corrected chi connectivity index (χ0v) is 15.4. The summed E-state index contributed by atoms with van der Waals surface area (Å²) in [6.45, 7) is 8.74. The molecule has 0 saturated heterocycles. The average Bonchev–Trinajstić information content (AvgIpc) is 2.58. The van der Waals surface area contributed by atoms with E-state index in [1.54, 1.807) is 7.11 Å². The maximum atomic E-state index is 9.63. The van der Waals surface area contributed by atoms with Crippen molar-refractivity contribution in [1.82, 2.24) is 0 Å². The lowest BCUT2D eigenvalue weighted by Gasteiger charge is -2.19. The van der Waals surface area contributed by atoms with Gasteiger partial charge in [0.2, 0.25) is 0 Å². The first kappa shape index (κ1) is 18.1. The Kier molecular flexibility index (Phi) is 5.67.